The molecule has 14 heavy (non-hydrogen) atoms. The molecule has 1 saturated heterocycles. The number of ether oxygens (including phenoxy) is 1. The van der Waals surface area contributed by atoms with E-state index in [9.17, 15) is 0 Å². The van der Waals surface area contributed by atoms with Gasteiger partial charge in [0.25, 0.3) is 0 Å². The zero-order valence-electron chi connectivity index (χ0n) is 9.42. The van der Waals surface area contributed by atoms with Crippen LogP contribution in [0.15, 0.2) is 0 Å². The van der Waals surface area contributed by atoms with Crippen LogP contribution in [0.2, 0.25) is 0 Å². The summed E-state index contributed by atoms with van der Waals surface area (Å²) < 4.78 is 5.45. The second kappa shape index (κ2) is 7.55. The van der Waals surface area contributed by atoms with E-state index in [1.807, 2.05) is 11.8 Å². The Balaban J connectivity index is 2.00. The second-order valence-corrected chi connectivity index (χ2v) is 5.37. The van der Waals surface area contributed by atoms with Crippen molar-refractivity contribution in [3.8, 4) is 0 Å². The maximum absolute atomic E-state index is 5.45. The first-order chi connectivity index (χ1) is 6.83. The lowest BCUT2D eigenvalue weighted by atomic mass is 10.0. The average molecular weight is 217 g/mol. The highest BCUT2D eigenvalue weighted by Gasteiger charge is 2.14. The molecule has 1 rings (SSSR count). The standard InChI is InChI=1S/C11H23NOS/c1-3-14-9-10(2)12-7-11-5-4-6-13-8-11/h10-12H,3-9H2,1-2H3. The average Bonchev–Trinajstić information content (AvgIpc) is 2.25. The lowest BCUT2D eigenvalue weighted by molar-refractivity contribution is 0.0542. The first kappa shape index (κ1) is 12.3. The van der Waals surface area contributed by atoms with E-state index >= 15 is 0 Å². The lowest BCUT2D eigenvalue weighted by Crippen LogP contribution is -2.35. The molecule has 0 bridgehead atoms. The quantitative estimate of drug-likeness (QED) is 0.736. The van der Waals surface area contributed by atoms with Crippen molar-refractivity contribution in [2.75, 3.05) is 31.3 Å². The van der Waals surface area contributed by atoms with Crippen molar-refractivity contribution in [2.24, 2.45) is 5.92 Å². The van der Waals surface area contributed by atoms with Crippen molar-refractivity contribution in [3.63, 3.8) is 0 Å². The van der Waals surface area contributed by atoms with Crippen LogP contribution >= 0.6 is 11.8 Å². The Bertz CT molecular complexity index is 137. The Morgan fingerprint density at radius 2 is 2.43 bits per heavy atom. The minimum atomic E-state index is 0.641. The number of thioether (sulfide) groups is 1. The van der Waals surface area contributed by atoms with Crippen molar-refractivity contribution in [1.29, 1.82) is 0 Å². The molecule has 0 radical (unpaired) electrons. The van der Waals surface area contributed by atoms with Crippen molar-refractivity contribution >= 4 is 11.8 Å². The first-order valence-electron chi connectivity index (χ1n) is 5.71. The van der Waals surface area contributed by atoms with Gasteiger partial charge < -0.3 is 10.1 Å². The third kappa shape index (κ3) is 5.23. The summed E-state index contributed by atoms with van der Waals surface area (Å²) in [5.41, 5.74) is 0. The van der Waals surface area contributed by atoms with Gasteiger partial charge in [0.2, 0.25) is 0 Å². The summed E-state index contributed by atoms with van der Waals surface area (Å²) in [4.78, 5) is 0. The second-order valence-electron chi connectivity index (χ2n) is 4.05. The fraction of sp³-hybridized carbons (Fsp3) is 1.00. The maximum Gasteiger partial charge on any atom is 0.0506 e. The molecule has 3 heteroatoms. The third-order valence-electron chi connectivity index (χ3n) is 2.58. The van der Waals surface area contributed by atoms with Gasteiger partial charge in [0.05, 0.1) is 6.61 Å². The lowest BCUT2D eigenvalue weighted by Gasteiger charge is -2.24. The van der Waals surface area contributed by atoms with Crippen LogP contribution in [0.25, 0.3) is 0 Å². The topological polar surface area (TPSA) is 21.3 Å². The molecular formula is C11H23NOS. The van der Waals surface area contributed by atoms with Gasteiger partial charge in [0.1, 0.15) is 0 Å². The number of rotatable bonds is 6. The molecule has 0 aromatic carbocycles. The molecule has 1 heterocycles. The number of nitrogens with one attached hydrogen (secondary N) is 1. The summed E-state index contributed by atoms with van der Waals surface area (Å²) in [6.07, 6.45) is 2.57. The maximum atomic E-state index is 5.45. The van der Waals surface area contributed by atoms with Gasteiger partial charge in [-0.1, -0.05) is 6.92 Å². The molecule has 0 saturated carbocycles. The zero-order valence-corrected chi connectivity index (χ0v) is 10.2. The smallest absolute Gasteiger partial charge is 0.0506 e. The van der Waals surface area contributed by atoms with Crippen LogP contribution in [0.5, 0.6) is 0 Å². The molecule has 2 unspecified atom stereocenters. The Morgan fingerprint density at radius 3 is 3.07 bits per heavy atom. The van der Waals surface area contributed by atoms with Crippen molar-refractivity contribution in [3.05, 3.63) is 0 Å². The molecule has 1 N–H and O–H groups in total. The van der Waals surface area contributed by atoms with Crippen LogP contribution < -0.4 is 5.32 Å². The highest BCUT2D eigenvalue weighted by molar-refractivity contribution is 7.99. The molecule has 2 atom stereocenters. The fourth-order valence-electron chi connectivity index (χ4n) is 1.69. The molecule has 1 aliphatic heterocycles. The van der Waals surface area contributed by atoms with Gasteiger partial charge in [-0.25, -0.2) is 0 Å². The molecule has 0 aromatic heterocycles. The minimum absolute atomic E-state index is 0.641. The third-order valence-corrected chi connectivity index (χ3v) is 3.73. The molecular weight excluding hydrogens is 194 g/mol. The summed E-state index contributed by atoms with van der Waals surface area (Å²) in [7, 11) is 0. The number of hydrogen-bond donors (Lipinski definition) is 1. The van der Waals surface area contributed by atoms with Crippen LogP contribution in [0, 0.1) is 5.92 Å². The van der Waals surface area contributed by atoms with Gasteiger partial charge in [-0.3, -0.25) is 0 Å². The molecule has 1 fully saturated rings. The van der Waals surface area contributed by atoms with E-state index < -0.39 is 0 Å². The Labute approximate surface area is 92.2 Å². The van der Waals surface area contributed by atoms with Crippen molar-refractivity contribution in [1.82, 2.24) is 5.32 Å². The Morgan fingerprint density at radius 1 is 1.57 bits per heavy atom. The summed E-state index contributed by atoms with van der Waals surface area (Å²) in [6.45, 7) is 7.54. The summed E-state index contributed by atoms with van der Waals surface area (Å²) in [5.74, 6) is 3.20. The number of hydrogen-bond acceptors (Lipinski definition) is 3. The predicted molar refractivity (Wildman–Crippen MR) is 64.0 cm³/mol. The van der Waals surface area contributed by atoms with E-state index in [1.54, 1.807) is 0 Å². The molecule has 2 nitrogen and oxygen atoms in total. The molecule has 0 spiro atoms. The van der Waals surface area contributed by atoms with Gasteiger partial charge in [0.15, 0.2) is 0 Å². The predicted octanol–water partition coefficient (Wildman–Crippen LogP) is 2.14. The van der Waals surface area contributed by atoms with E-state index in [0.29, 0.717) is 6.04 Å². The van der Waals surface area contributed by atoms with Crippen LogP contribution in [-0.4, -0.2) is 37.3 Å². The van der Waals surface area contributed by atoms with Gasteiger partial charge in [-0.05, 0) is 31.4 Å². The first-order valence-corrected chi connectivity index (χ1v) is 6.87. The van der Waals surface area contributed by atoms with Gasteiger partial charge in [-0.2, -0.15) is 11.8 Å². The summed E-state index contributed by atoms with van der Waals surface area (Å²) >= 11 is 2.01. The van der Waals surface area contributed by atoms with E-state index in [2.05, 4.69) is 19.2 Å². The van der Waals surface area contributed by atoms with Gasteiger partial charge in [0, 0.05) is 24.9 Å². The largest absolute Gasteiger partial charge is 0.381 e. The van der Waals surface area contributed by atoms with Crippen LogP contribution in [0.1, 0.15) is 26.7 Å². The monoisotopic (exact) mass is 217 g/mol. The van der Waals surface area contributed by atoms with Crippen LogP contribution in [0.4, 0.5) is 0 Å². The van der Waals surface area contributed by atoms with E-state index in [4.69, 9.17) is 4.74 Å². The van der Waals surface area contributed by atoms with Gasteiger partial charge >= 0.3 is 0 Å². The van der Waals surface area contributed by atoms with Crippen LogP contribution in [0.3, 0.4) is 0 Å². The zero-order chi connectivity index (χ0) is 10.2. The molecule has 0 amide bonds. The Hall–Kier alpha value is 0.270. The van der Waals surface area contributed by atoms with Crippen molar-refractivity contribution < 1.29 is 4.74 Å². The summed E-state index contributed by atoms with van der Waals surface area (Å²) in [6, 6.07) is 0.641. The van der Waals surface area contributed by atoms with Gasteiger partial charge in [-0.15, -0.1) is 0 Å². The molecule has 0 aromatic rings. The van der Waals surface area contributed by atoms with Crippen LogP contribution in [-0.2, 0) is 4.74 Å². The fourth-order valence-corrected chi connectivity index (χ4v) is 2.40. The van der Waals surface area contributed by atoms with Crippen molar-refractivity contribution in [2.45, 2.75) is 32.7 Å². The van der Waals surface area contributed by atoms with E-state index in [-0.39, 0.29) is 0 Å². The molecule has 0 aliphatic carbocycles. The van der Waals surface area contributed by atoms with E-state index in [0.717, 1.165) is 25.7 Å². The summed E-state index contributed by atoms with van der Waals surface area (Å²) in [5, 5.41) is 3.59. The SMILES string of the molecule is CCSCC(C)NCC1CCCOC1. The highest BCUT2D eigenvalue weighted by Crippen LogP contribution is 2.12. The highest BCUT2D eigenvalue weighted by atomic mass is 32.2. The molecule has 84 valence electrons. The Kier molecular flexibility index (Phi) is 6.65. The molecule has 1 aliphatic rings. The van der Waals surface area contributed by atoms with E-state index in [1.165, 1.54) is 24.3 Å². The minimum Gasteiger partial charge on any atom is -0.381 e. The normalized spacial score (nSPS) is 24.9.